The van der Waals surface area contributed by atoms with Gasteiger partial charge in [0.1, 0.15) is 23.6 Å². The minimum Gasteiger partial charge on any atom is -0.507 e. The molecule has 0 aliphatic carbocycles. The molecule has 2 atom stereocenters. The molecule has 4 aromatic carbocycles. The van der Waals surface area contributed by atoms with Crippen LogP contribution in [0.5, 0.6) is 11.5 Å². The Bertz CT molecular complexity index is 1380. The van der Waals surface area contributed by atoms with Gasteiger partial charge in [0.05, 0.1) is 11.1 Å². The van der Waals surface area contributed by atoms with Gasteiger partial charge in [0.25, 0.3) is 0 Å². The molecule has 10 heteroatoms. The number of para-hydroxylation sites is 2. The van der Waals surface area contributed by atoms with Gasteiger partial charge in [0, 0.05) is 23.6 Å². The average molecular weight is 557 g/mol. The number of aliphatic imine (C=N–C) groups is 2. The number of nitrogens with zero attached hydrogens (tertiary/aromatic N) is 2. The minimum atomic E-state index is -4.58. The molecule has 0 saturated carbocycles. The molecular formula is C30H22F6N2O2. The molecule has 0 aliphatic rings. The lowest BCUT2D eigenvalue weighted by Gasteiger charge is -2.23. The highest BCUT2D eigenvalue weighted by atomic mass is 19.4. The maximum atomic E-state index is 13.2. The lowest BCUT2D eigenvalue weighted by molar-refractivity contribution is -0.138. The van der Waals surface area contributed by atoms with Crippen LogP contribution in [0.3, 0.4) is 0 Å². The molecule has 0 aliphatic heterocycles. The van der Waals surface area contributed by atoms with Crippen LogP contribution in [0.2, 0.25) is 0 Å². The van der Waals surface area contributed by atoms with Crippen LogP contribution in [0.1, 0.15) is 45.5 Å². The summed E-state index contributed by atoms with van der Waals surface area (Å²) in [5.41, 5.74) is -0.560. The lowest BCUT2D eigenvalue weighted by Crippen LogP contribution is -2.11. The highest BCUT2D eigenvalue weighted by Gasteiger charge is 2.33. The summed E-state index contributed by atoms with van der Waals surface area (Å²) in [5.74, 6) is -0.192. The topological polar surface area (TPSA) is 65.2 Å². The van der Waals surface area contributed by atoms with Crippen molar-refractivity contribution < 1.29 is 36.6 Å². The zero-order valence-electron chi connectivity index (χ0n) is 20.6. The molecule has 206 valence electrons. The van der Waals surface area contributed by atoms with Crippen LogP contribution in [-0.4, -0.2) is 22.6 Å². The van der Waals surface area contributed by atoms with Gasteiger partial charge in [-0.05, 0) is 59.7 Å². The first kappa shape index (κ1) is 28.4. The molecule has 0 amide bonds. The molecule has 4 nitrogen and oxygen atoms in total. The largest absolute Gasteiger partial charge is 0.507 e. The van der Waals surface area contributed by atoms with Gasteiger partial charge in [-0.25, -0.2) is 0 Å². The Balaban J connectivity index is 1.86. The van der Waals surface area contributed by atoms with Crippen molar-refractivity contribution in [2.75, 3.05) is 0 Å². The predicted molar refractivity (Wildman–Crippen MR) is 140 cm³/mol. The summed E-state index contributed by atoms with van der Waals surface area (Å²) in [4.78, 5) is 9.07. The minimum absolute atomic E-state index is 0.0961. The maximum Gasteiger partial charge on any atom is 0.416 e. The van der Waals surface area contributed by atoms with Crippen molar-refractivity contribution in [1.29, 1.82) is 0 Å². The molecule has 4 aromatic rings. The van der Waals surface area contributed by atoms with Crippen LogP contribution in [0.25, 0.3) is 0 Å². The Morgan fingerprint density at radius 1 is 0.500 bits per heavy atom. The van der Waals surface area contributed by atoms with Gasteiger partial charge in [-0.3, -0.25) is 9.98 Å². The summed E-state index contributed by atoms with van der Waals surface area (Å²) < 4.78 is 79.5. The third kappa shape index (κ3) is 6.88. The second-order valence-corrected chi connectivity index (χ2v) is 8.80. The van der Waals surface area contributed by atoms with Crippen LogP contribution in [-0.2, 0) is 12.4 Å². The highest BCUT2D eigenvalue weighted by Crippen LogP contribution is 2.39. The van der Waals surface area contributed by atoms with Crippen LogP contribution in [0.15, 0.2) is 107 Å². The molecule has 0 unspecified atom stereocenters. The number of phenolic OH excluding ortho intramolecular Hbond substituents is 2. The first-order chi connectivity index (χ1) is 18.9. The van der Waals surface area contributed by atoms with E-state index in [9.17, 15) is 36.6 Å². The van der Waals surface area contributed by atoms with E-state index in [2.05, 4.69) is 9.98 Å². The van der Waals surface area contributed by atoms with E-state index < -0.39 is 35.6 Å². The monoisotopic (exact) mass is 556 g/mol. The van der Waals surface area contributed by atoms with Gasteiger partial charge < -0.3 is 10.2 Å². The number of hydrogen-bond donors (Lipinski definition) is 2. The van der Waals surface area contributed by atoms with E-state index in [-0.39, 0.29) is 11.5 Å². The van der Waals surface area contributed by atoms with Gasteiger partial charge in [-0.15, -0.1) is 0 Å². The van der Waals surface area contributed by atoms with Crippen molar-refractivity contribution in [2.45, 2.75) is 24.4 Å². The Kier molecular flexibility index (Phi) is 8.27. The zero-order chi connectivity index (χ0) is 28.9. The van der Waals surface area contributed by atoms with Gasteiger partial charge in [0.2, 0.25) is 0 Å². The summed E-state index contributed by atoms with van der Waals surface area (Å²) >= 11 is 0. The molecule has 0 fully saturated rings. The van der Waals surface area contributed by atoms with Crippen molar-refractivity contribution in [2.24, 2.45) is 9.98 Å². The molecule has 2 N–H and O–H groups in total. The fraction of sp³-hybridized carbons (Fsp3) is 0.133. The lowest BCUT2D eigenvalue weighted by atomic mass is 9.92. The molecular weight excluding hydrogens is 534 g/mol. The van der Waals surface area contributed by atoms with Crippen LogP contribution < -0.4 is 0 Å². The van der Waals surface area contributed by atoms with E-state index in [1.807, 2.05) is 0 Å². The van der Waals surface area contributed by atoms with Crippen molar-refractivity contribution in [3.8, 4) is 11.5 Å². The molecule has 0 saturated heterocycles. The van der Waals surface area contributed by atoms with Crippen LogP contribution in [0, 0.1) is 0 Å². The normalized spacial score (nSPS) is 14.1. The Morgan fingerprint density at radius 2 is 0.825 bits per heavy atom. The summed E-state index contributed by atoms with van der Waals surface area (Å²) in [6.45, 7) is 0. The molecule has 4 rings (SSSR count). The summed E-state index contributed by atoms with van der Waals surface area (Å²) in [6, 6.07) is 18.9. The van der Waals surface area contributed by atoms with E-state index in [1.165, 1.54) is 48.8 Å². The number of benzene rings is 4. The number of phenols is 2. The Morgan fingerprint density at radius 3 is 1.12 bits per heavy atom. The van der Waals surface area contributed by atoms with Gasteiger partial charge in [-0.2, -0.15) is 26.3 Å². The Hall–Kier alpha value is -4.60. The molecule has 40 heavy (non-hydrogen) atoms. The van der Waals surface area contributed by atoms with Crippen molar-refractivity contribution in [3.05, 3.63) is 130 Å². The predicted octanol–water partition coefficient (Wildman–Crippen LogP) is 8.16. The van der Waals surface area contributed by atoms with E-state index in [1.54, 1.807) is 36.4 Å². The molecule has 0 spiro atoms. The first-order valence-corrected chi connectivity index (χ1v) is 11.9. The van der Waals surface area contributed by atoms with E-state index in [4.69, 9.17) is 0 Å². The zero-order valence-corrected chi connectivity index (χ0v) is 20.6. The van der Waals surface area contributed by atoms with Crippen molar-refractivity contribution in [3.63, 3.8) is 0 Å². The average Bonchev–Trinajstić information content (AvgIpc) is 2.91. The quantitative estimate of drug-likeness (QED) is 0.178. The van der Waals surface area contributed by atoms with E-state index in [0.717, 1.165) is 24.3 Å². The van der Waals surface area contributed by atoms with Crippen molar-refractivity contribution in [1.82, 2.24) is 0 Å². The fourth-order valence-electron chi connectivity index (χ4n) is 3.95. The van der Waals surface area contributed by atoms with E-state index >= 15 is 0 Å². The number of alkyl halides is 6. The maximum absolute atomic E-state index is 13.2. The van der Waals surface area contributed by atoms with E-state index in [0.29, 0.717) is 22.3 Å². The summed E-state index contributed by atoms with van der Waals surface area (Å²) in [5, 5.41) is 20.4. The molecule has 0 aromatic heterocycles. The smallest absolute Gasteiger partial charge is 0.416 e. The third-order valence-corrected chi connectivity index (χ3v) is 6.08. The number of hydrogen-bond acceptors (Lipinski definition) is 4. The standard InChI is InChI=1S/C30H22F6N2O2/c31-29(32,33)23-13-9-19(10-14-23)27(37-17-21-5-1-3-7-25(21)39)28(38-18-22-6-2-4-8-26(22)40)20-11-15-24(16-12-20)30(34,35)36/h1-18,27-28,39-40H/t27-,28-/m0/s1. The Labute approximate surface area is 225 Å². The number of rotatable bonds is 7. The molecule has 0 bridgehead atoms. The number of aromatic hydroxyl groups is 2. The molecule has 0 heterocycles. The third-order valence-electron chi connectivity index (χ3n) is 6.08. The fourth-order valence-corrected chi connectivity index (χ4v) is 3.95. The van der Waals surface area contributed by atoms with Crippen LogP contribution >= 0.6 is 0 Å². The SMILES string of the molecule is Oc1ccccc1C=N[C@@H](c1ccc(C(F)(F)F)cc1)[C@@H](N=Cc1ccccc1O)c1ccc(C(F)(F)F)cc1. The van der Waals surface area contributed by atoms with Crippen LogP contribution in [0.4, 0.5) is 26.3 Å². The second kappa shape index (κ2) is 11.6. The van der Waals surface area contributed by atoms with Gasteiger partial charge in [0.15, 0.2) is 0 Å². The molecule has 0 radical (unpaired) electrons. The summed E-state index contributed by atoms with van der Waals surface area (Å²) in [7, 11) is 0. The second-order valence-electron chi connectivity index (χ2n) is 8.80. The number of halogens is 6. The highest BCUT2D eigenvalue weighted by molar-refractivity contribution is 5.84. The van der Waals surface area contributed by atoms with Crippen molar-refractivity contribution >= 4 is 12.4 Å². The van der Waals surface area contributed by atoms with Gasteiger partial charge in [-0.1, -0.05) is 48.5 Å². The summed E-state index contributed by atoms with van der Waals surface area (Å²) in [6.07, 6.45) is -6.51. The van der Waals surface area contributed by atoms with Gasteiger partial charge >= 0.3 is 12.4 Å². The first-order valence-electron chi connectivity index (χ1n) is 11.9.